The molecule has 0 aliphatic carbocycles. The summed E-state index contributed by atoms with van der Waals surface area (Å²) >= 11 is 1.72. The van der Waals surface area contributed by atoms with E-state index < -0.39 is 0 Å². The van der Waals surface area contributed by atoms with Gasteiger partial charge in [0, 0.05) is 29.4 Å². The molecule has 1 aromatic heterocycles. The summed E-state index contributed by atoms with van der Waals surface area (Å²) in [6, 6.07) is 6.13. The number of aromatic nitrogens is 1. The van der Waals surface area contributed by atoms with Crippen molar-refractivity contribution < 1.29 is 4.79 Å². The number of carbonyl (C=O) groups is 1. The molecular weight excluding hydrogens is 270 g/mol. The Kier molecular flexibility index (Phi) is 4.95. The Labute approximate surface area is 123 Å². The number of anilines is 1. The second-order valence-corrected chi connectivity index (χ2v) is 5.67. The molecular formula is C15H21N3OS. The first-order valence-electron chi connectivity index (χ1n) is 6.89. The maximum atomic E-state index is 11.8. The van der Waals surface area contributed by atoms with E-state index >= 15 is 0 Å². The first-order valence-corrected chi connectivity index (χ1v) is 7.88. The van der Waals surface area contributed by atoms with Crippen molar-refractivity contribution in [2.24, 2.45) is 0 Å². The SMILES string of the molecule is CCCCSNc1ccc2[nH]c(C(=O)NC)c(C)c2c1. The van der Waals surface area contributed by atoms with E-state index in [1.54, 1.807) is 19.0 Å². The van der Waals surface area contributed by atoms with Crippen molar-refractivity contribution in [1.82, 2.24) is 10.3 Å². The predicted octanol–water partition coefficient (Wildman–Crippen LogP) is 3.70. The van der Waals surface area contributed by atoms with Crippen LogP contribution in [0, 0.1) is 6.92 Å². The third-order valence-electron chi connectivity index (χ3n) is 3.30. The van der Waals surface area contributed by atoms with E-state index in [9.17, 15) is 4.79 Å². The molecule has 0 aliphatic rings. The van der Waals surface area contributed by atoms with Crippen LogP contribution in [0.5, 0.6) is 0 Å². The van der Waals surface area contributed by atoms with Crippen LogP contribution in [0.3, 0.4) is 0 Å². The number of hydrogen-bond acceptors (Lipinski definition) is 3. The summed E-state index contributed by atoms with van der Waals surface area (Å²) in [5, 5.41) is 3.74. The van der Waals surface area contributed by atoms with E-state index in [1.165, 1.54) is 12.8 Å². The molecule has 20 heavy (non-hydrogen) atoms. The van der Waals surface area contributed by atoms with Crippen molar-refractivity contribution in [2.45, 2.75) is 26.7 Å². The standard InChI is InChI=1S/C15H21N3OS/c1-4-5-8-20-18-11-6-7-13-12(9-11)10(2)14(17-13)15(19)16-3/h6-7,9,17-18H,4-5,8H2,1-3H3,(H,16,19). The van der Waals surface area contributed by atoms with Gasteiger partial charge in [-0.2, -0.15) is 0 Å². The summed E-state index contributed by atoms with van der Waals surface area (Å²) in [7, 11) is 1.64. The molecule has 1 heterocycles. The lowest BCUT2D eigenvalue weighted by Gasteiger charge is -2.05. The number of carbonyl (C=O) groups excluding carboxylic acids is 1. The van der Waals surface area contributed by atoms with Gasteiger partial charge >= 0.3 is 0 Å². The number of fused-ring (bicyclic) bond motifs is 1. The minimum Gasteiger partial charge on any atom is -0.354 e. The normalized spacial score (nSPS) is 10.8. The number of unbranched alkanes of at least 4 members (excludes halogenated alkanes) is 1. The maximum Gasteiger partial charge on any atom is 0.267 e. The first-order chi connectivity index (χ1) is 9.67. The van der Waals surface area contributed by atoms with Crippen LogP contribution in [0.2, 0.25) is 0 Å². The van der Waals surface area contributed by atoms with Crippen molar-refractivity contribution in [3.63, 3.8) is 0 Å². The number of rotatable bonds is 6. The largest absolute Gasteiger partial charge is 0.354 e. The molecule has 0 radical (unpaired) electrons. The van der Waals surface area contributed by atoms with E-state index in [0.29, 0.717) is 5.69 Å². The number of hydrogen-bond donors (Lipinski definition) is 3. The lowest BCUT2D eigenvalue weighted by atomic mass is 10.1. The van der Waals surface area contributed by atoms with E-state index in [4.69, 9.17) is 0 Å². The Morgan fingerprint density at radius 2 is 2.20 bits per heavy atom. The molecule has 1 aromatic carbocycles. The predicted molar refractivity (Wildman–Crippen MR) is 87.4 cm³/mol. The Bertz CT molecular complexity index is 606. The maximum absolute atomic E-state index is 11.8. The Morgan fingerprint density at radius 3 is 2.90 bits per heavy atom. The number of aromatic amines is 1. The highest BCUT2D eigenvalue weighted by Gasteiger charge is 2.13. The zero-order chi connectivity index (χ0) is 14.5. The first kappa shape index (κ1) is 14.8. The smallest absolute Gasteiger partial charge is 0.267 e. The highest BCUT2D eigenvalue weighted by molar-refractivity contribution is 8.00. The summed E-state index contributed by atoms with van der Waals surface area (Å²) in [5.74, 6) is 1.02. The summed E-state index contributed by atoms with van der Waals surface area (Å²) in [6.45, 7) is 4.16. The fourth-order valence-corrected chi connectivity index (χ4v) is 2.92. The van der Waals surface area contributed by atoms with Crippen LogP contribution >= 0.6 is 11.9 Å². The lowest BCUT2D eigenvalue weighted by Crippen LogP contribution is -2.18. The molecule has 108 valence electrons. The topological polar surface area (TPSA) is 56.9 Å². The van der Waals surface area contributed by atoms with Gasteiger partial charge in [-0.05, 0) is 37.1 Å². The molecule has 2 rings (SSSR count). The quantitative estimate of drug-likeness (QED) is 0.562. The number of H-pyrrole nitrogens is 1. The van der Waals surface area contributed by atoms with E-state index in [2.05, 4.69) is 28.0 Å². The highest BCUT2D eigenvalue weighted by Crippen LogP contribution is 2.26. The van der Waals surface area contributed by atoms with Gasteiger partial charge in [-0.1, -0.05) is 25.3 Å². The van der Waals surface area contributed by atoms with Gasteiger partial charge in [0.25, 0.3) is 5.91 Å². The van der Waals surface area contributed by atoms with Crippen LogP contribution in [0.4, 0.5) is 5.69 Å². The third kappa shape index (κ3) is 3.10. The van der Waals surface area contributed by atoms with Gasteiger partial charge in [0.2, 0.25) is 0 Å². The van der Waals surface area contributed by atoms with Crippen LogP contribution in [0.15, 0.2) is 18.2 Å². The molecule has 0 bridgehead atoms. The van der Waals surface area contributed by atoms with Crippen molar-refractivity contribution in [3.8, 4) is 0 Å². The van der Waals surface area contributed by atoms with Crippen LogP contribution in [0.25, 0.3) is 10.9 Å². The molecule has 0 fully saturated rings. The van der Waals surface area contributed by atoms with Crippen molar-refractivity contribution in [1.29, 1.82) is 0 Å². The van der Waals surface area contributed by atoms with E-state index in [1.807, 2.05) is 19.1 Å². The summed E-state index contributed by atoms with van der Waals surface area (Å²) in [6.07, 6.45) is 2.42. The Balaban J connectivity index is 2.20. The van der Waals surface area contributed by atoms with E-state index in [-0.39, 0.29) is 5.91 Å². The number of nitrogens with one attached hydrogen (secondary N) is 3. The zero-order valence-electron chi connectivity index (χ0n) is 12.2. The average molecular weight is 291 g/mol. The van der Waals surface area contributed by atoms with E-state index in [0.717, 1.165) is 27.9 Å². The summed E-state index contributed by atoms with van der Waals surface area (Å²) < 4.78 is 3.35. The number of benzene rings is 1. The number of amides is 1. The molecule has 0 saturated heterocycles. The van der Waals surface area contributed by atoms with Gasteiger partial charge in [0.05, 0.1) is 0 Å². The second kappa shape index (κ2) is 6.70. The molecule has 3 N–H and O–H groups in total. The Hall–Kier alpha value is -1.62. The molecule has 0 unspecified atom stereocenters. The molecule has 1 amide bonds. The van der Waals surface area contributed by atoms with Gasteiger partial charge in [-0.25, -0.2) is 0 Å². The van der Waals surface area contributed by atoms with Crippen LogP contribution in [0.1, 0.15) is 35.8 Å². The van der Waals surface area contributed by atoms with Gasteiger partial charge < -0.3 is 15.0 Å². The molecule has 4 nitrogen and oxygen atoms in total. The van der Waals surface area contributed by atoms with Crippen LogP contribution in [-0.2, 0) is 0 Å². The minimum atomic E-state index is -0.0782. The second-order valence-electron chi connectivity index (χ2n) is 4.77. The Morgan fingerprint density at radius 1 is 1.40 bits per heavy atom. The number of aryl methyl sites for hydroxylation is 1. The van der Waals surface area contributed by atoms with Crippen LogP contribution < -0.4 is 10.0 Å². The third-order valence-corrected chi connectivity index (χ3v) is 4.18. The molecule has 0 spiro atoms. The van der Waals surface area contributed by atoms with Crippen LogP contribution in [-0.4, -0.2) is 23.7 Å². The van der Waals surface area contributed by atoms with Crippen molar-refractivity contribution >= 4 is 34.4 Å². The molecule has 2 aromatic rings. The highest BCUT2D eigenvalue weighted by atomic mass is 32.2. The summed E-state index contributed by atoms with van der Waals surface area (Å²) in [4.78, 5) is 14.9. The van der Waals surface area contributed by atoms with Gasteiger partial charge in [0.1, 0.15) is 5.69 Å². The van der Waals surface area contributed by atoms with Gasteiger partial charge in [-0.15, -0.1) is 0 Å². The van der Waals surface area contributed by atoms with Crippen molar-refractivity contribution in [3.05, 3.63) is 29.5 Å². The lowest BCUT2D eigenvalue weighted by molar-refractivity contribution is 0.0958. The zero-order valence-corrected chi connectivity index (χ0v) is 13.0. The molecule has 0 saturated carbocycles. The molecule has 0 aliphatic heterocycles. The summed E-state index contributed by atoms with van der Waals surface area (Å²) in [5.41, 5.74) is 3.69. The minimum absolute atomic E-state index is 0.0782. The molecule has 5 heteroatoms. The average Bonchev–Trinajstić information content (AvgIpc) is 2.80. The van der Waals surface area contributed by atoms with Gasteiger partial charge in [0.15, 0.2) is 0 Å². The molecule has 0 atom stereocenters. The monoisotopic (exact) mass is 291 g/mol. The fourth-order valence-electron chi connectivity index (χ4n) is 2.09. The van der Waals surface area contributed by atoms with Gasteiger partial charge in [-0.3, -0.25) is 4.79 Å². The fraction of sp³-hybridized carbons (Fsp3) is 0.400. The van der Waals surface area contributed by atoms with Crippen molar-refractivity contribution in [2.75, 3.05) is 17.5 Å².